The molecule has 2 heteroatoms. The van der Waals surface area contributed by atoms with Crippen molar-refractivity contribution >= 4 is 6.41 Å². The van der Waals surface area contributed by atoms with Crippen molar-refractivity contribution in [1.29, 1.82) is 0 Å². The van der Waals surface area contributed by atoms with Gasteiger partial charge < -0.3 is 4.90 Å². The lowest BCUT2D eigenvalue weighted by Gasteiger charge is -2.09. The first-order valence-electron chi connectivity index (χ1n) is 3.75. The molecule has 10 heavy (non-hydrogen) atoms. The van der Waals surface area contributed by atoms with Crippen molar-refractivity contribution in [3.8, 4) is 0 Å². The molecule has 0 bridgehead atoms. The molecule has 0 aliphatic heterocycles. The monoisotopic (exact) mass is 142 g/mol. The second kappa shape index (κ2) is 5.27. The van der Waals surface area contributed by atoms with Crippen LogP contribution >= 0.6 is 0 Å². The van der Waals surface area contributed by atoms with Crippen LogP contribution in [0, 0.1) is 5.92 Å². The summed E-state index contributed by atoms with van der Waals surface area (Å²) in [4.78, 5) is 11.5. The highest BCUT2D eigenvalue weighted by molar-refractivity contribution is 5.47. The van der Waals surface area contributed by atoms with E-state index in [9.17, 15) is 4.79 Å². The summed E-state index contributed by atoms with van der Waals surface area (Å²) in [5.41, 5.74) is 0. The largest absolute Gasteiger partial charge is 0.338 e. The lowest BCUT2D eigenvalue weighted by molar-refractivity contribution is 0.408. The van der Waals surface area contributed by atoms with Gasteiger partial charge in [-0.2, -0.15) is 0 Å². The summed E-state index contributed by atoms with van der Waals surface area (Å²) in [7, 11) is 1.76. The van der Waals surface area contributed by atoms with E-state index in [0.717, 1.165) is 18.9 Å². The van der Waals surface area contributed by atoms with E-state index < -0.39 is 0 Å². The first-order chi connectivity index (χ1) is 4.66. The minimum Gasteiger partial charge on any atom is -0.338 e. The van der Waals surface area contributed by atoms with Crippen molar-refractivity contribution in [3.63, 3.8) is 0 Å². The number of amides is 1. The highest BCUT2D eigenvalue weighted by Crippen LogP contribution is 2.02. The summed E-state index contributed by atoms with van der Waals surface area (Å²) < 4.78 is 0. The SMILES string of the molecule is CC(C)CCCN(C)[C]=O. The molecular weight excluding hydrogens is 126 g/mol. The number of hydrogen-bond acceptors (Lipinski definition) is 1. The van der Waals surface area contributed by atoms with Gasteiger partial charge in [0.2, 0.25) is 0 Å². The molecule has 1 amide bonds. The average molecular weight is 142 g/mol. The van der Waals surface area contributed by atoms with E-state index in [1.165, 1.54) is 6.42 Å². The highest BCUT2D eigenvalue weighted by atomic mass is 16.1. The van der Waals surface area contributed by atoms with Gasteiger partial charge >= 0.3 is 6.41 Å². The van der Waals surface area contributed by atoms with E-state index in [1.807, 2.05) is 6.41 Å². The topological polar surface area (TPSA) is 20.3 Å². The maximum absolute atomic E-state index is 9.98. The van der Waals surface area contributed by atoms with Crippen LogP contribution in [-0.4, -0.2) is 24.9 Å². The van der Waals surface area contributed by atoms with Gasteiger partial charge in [0.1, 0.15) is 0 Å². The summed E-state index contributed by atoms with van der Waals surface area (Å²) in [6.07, 6.45) is 4.10. The summed E-state index contributed by atoms with van der Waals surface area (Å²) in [6, 6.07) is 0. The molecule has 0 aromatic rings. The molecule has 2 nitrogen and oxygen atoms in total. The second-order valence-corrected chi connectivity index (χ2v) is 3.05. The van der Waals surface area contributed by atoms with Crippen LogP contribution in [0.2, 0.25) is 0 Å². The predicted molar refractivity (Wildman–Crippen MR) is 42.4 cm³/mol. The Bertz CT molecular complexity index is 91.3. The van der Waals surface area contributed by atoms with Gasteiger partial charge in [0.15, 0.2) is 0 Å². The van der Waals surface area contributed by atoms with E-state index in [4.69, 9.17) is 0 Å². The Morgan fingerprint density at radius 1 is 1.50 bits per heavy atom. The van der Waals surface area contributed by atoms with Crippen LogP contribution in [0.15, 0.2) is 0 Å². The van der Waals surface area contributed by atoms with Gasteiger partial charge in [0, 0.05) is 13.6 Å². The Morgan fingerprint density at radius 2 is 2.10 bits per heavy atom. The predicted octanol–water partition coefficient (Wildman–Crippen LogP) is 1.42. The van der Waals surface area contributed by atoms with Gasteiger partial charge in [-0.3, -0.25) is 4.79 Å². The summed E-state index contributed by atoms with van der Waals surface area (Å²) in [6.45, 7) is 5.21. The lowest BCUT2D eigenvalue weighted by Crippen LogP contribution is -2.17. The van der Waals surface area contributed by atoms with E-state index in [0.29, 0.717) is 0 Å². The van der Waals surface area contributed by atoms with E-state index in [-0.39, 0.29) is 0 Å². The Labute approximate surface area is 63.2 Å². The fraction of sp³-hybridized carbons (Fsp3) is 0.875. The van der Waals surface area contributed by atoms with E-state index in [1.54, 1.807) is 11.9 Å². The summed E-state index contributed by atoms with van der Waals surface area (Å²) in [5.74, 6) is 0.736. The molecule has 0 heterocycles. The van der Waals surface area contributed by atoms with Crippen LogP contribution in [0.4, 0.5) is 0 Å². The molecule has 0 aliphatic rings. The summed E-state index contributed by atoms with van der Waals surface area (Å²) >= 11 is 0. The minimum atomic E-state index is 0.736. The quantitative estimate of drug-likeness (QED) is 0.532. The van der Waals surface area contributed by atoms with Crippen molar-refractivity contribution in [2.45, 2.75) is 26.7 Å². The fourth-order valence-electron chi connectivity index (χ4n) is 0.782. The molecule has 1 radical (unpaired) electrons. The van der Waals surface area contributed by atoms with Gasteiger partial charge in [-0.15, -0.1) is 0 Å². The maximum Gasteiger partial charge on any atom is 0.311 e. The zero-order chi connectivity index (χ0) is 7.98. The second-order valence-electron chi connectivity index (χ2n) is 3.05. The third-order valence-corrected chi connectivity index (χ3v) is 1.43. The molecule has 0 saturated carbocycles. The molecule has 0 unspecified atom stereocenters. The van der Waals surface area contributed by atoms with Crippen LogP contribution in [0.3, 0.4) is 0 Å². The van der Waals surface area contributed by atoms with Gasteiger partial charge in [0.25, 0.3) is 0 Å². The molecule has 0 aromatic carbocycles. The molecule has 0 N–H and O–H groups in total. The molecule has 0 aliphatic carbocycles. The van der Waals surface area contributed by atoms with Crippen LogP contribution in [0.25, 0.3) is 0 Å². The van der Waals surface area contributed by atoms with Gasteiger partial charge in [-0.25, -0.2) is 0 Å². The minimum absolute atomic E-state index is 0.736. The van der Waals surface area contributed by atoms with Crippen LogP contribution in [0.1, 0.15) is 26.7 Å². The Balaban J connectivity index is 3.11. The number of nitrogens with zero attached hydrogens (tertiary/aromatic N) is 1. The Morgan fingerprint density at radius 3 is 2.50 bits per heavy atom. The van der Waals surface area contributed by atoms with Gasteiger partial charge in [-0.1, -0.05) is 13.8 Å². The Hall–Kier alpha value is -0.530. The summed E-state index contributed by atoms with van der Waals surface area (Å²) in [5, 5.41) is 0. The number of rotatable bonds is 5. The molecule has 0 fully saturated rings. The third kappa shape index (κ3) is 5.60. The molecule has 0 aromatic heterocycles. The third-order valence-electron chi connectivity index (χ3n) is 1.43. The smallest absolute Gasteiger partial charge is 0.311 e. The zero-order valence-corrected chi connectivity index (χ0v) is 7.05. The normalized spacial score (nSPS) is 10.0. The van der Waals surface area contributed by atoms with Crippen LogP contribution < -0.4 is 0 Å². The van der Waals surface area contributed by atoms with E-state index in [2.05, 4.69) is 13.8 Å². The van der Waals surface area contributed by atoms with Crippen molar-refractivity contribution in [1.82, 2.24) is 4.90 Å². The average Bonchev–Trinajstić information content (AvgIpc) is 1.87. The number of hydrogen-bond donors (Lipinski definition) is 0. The van der Waals surface area contributed by atoms with Crippen LogP contribution in [0.5, 0.6) is 0 Å². The standard InChI is InChI=1S/C8H16NO/c1-8(2)5-4-6-9(3)7-10/h8H,4-6H2,1-3H3. The van der Waals surface area contributed by atoms with E-state index >= 15 is 0 Å². The highest BCUT2D eigenvalue weighted by Gasteiger charge is 1.96. The number of carbonyl (C=O) groups excluding carboxylic acids is 1. The molecule has 59 valence electrons. The molecular formula is C8H16NO. The maximum atomic E-state index is 9.98. The molecule has 0 saturated heterocycles. The van der Waals surface area contributed by atoms with Crippen molar-refractivity contribution < 1.29 is 4.79 Å². The van der Waals surface area contributed by atoms with Crippen molar-refractivity contribution in [2.24, 2.45) is 5.92 Å². The fourth-order valence-corrected chi connectivity index (χ4v) is 0.782. The van der Waals surface area contributed by atoms with Crippen molar-refractivity contribution in [2.75, 3.05) is 13.6 Å². The van der Waals surface area contributed by atoms with Crippen molar-refractivity contribution in [3.05, 3.63) is 0 Å². The first-order valence-corrected chi connectivity index (χ1v) is 3.75. The van der Waals surface area contributed by atoms with Gasteiger partial charge in [-0.05, 0) is 18.8 Å². The Kier molecular flexibility index (Phi) is 4.99. The molecule has 0 rings (SSSR count). The molecule has 0 spiro atoms. The first kappa shape index (κ1) is 9.47. The lowest BCUT2D eigenvalue weighted by atomic mass is 10.1. The zero-order valence-electron chi connectivity index (χ0n) is 7.05. The van der Waals surface area contributed by atoms with Crippen LogP contribution in [-0.2, 0) is 4.79 Å². The molecule has 0 atom stereocenters. The van der Waals surface area contributed by atoms with Gasteiger partial charge in [0.05, 0.1) is 0 Å².